The number of nitrogens with zero attached hydrogens (tertiary/aromatic N) is 1. The second kappa shape index (κ2) is 8.77. The van der Waals surface area contributed by atoms with E-state index >= 15 is 0 Å². The first kappa shape index (κ1) is 15.9. The van der Waals surface area contributed by atoms with Crippen LogP contribution >= 0.6 is 15.9 Å². The van der Waals surface area contributed by atoms with Gasteiger partial charge in [-0.15, -0.1) is 0 Å². The predicted octanol–water partition coefficient (Wildman–Crippen LogP) is 2.90. The second-order valence-electron chi connectivity index (χ2n) is 4.62. The van der Waals surface area contributed by atoms with Crippen LogP contribution in [0.2, 0.25) is 0 Å². The van der Waals surface area contributed by atoms with Gasteiger partial charge in [0, 0.05) is 29.4 Å². The molecule has 0 amide bonds. The lowest BCUT2D eigenvalue weighted by Crippen LogP contribution is -2.16. The molecule has 0 unspecified atom stereocenters. The first-order valence-electron chi connectivity index (χ1n) is 6.92. The molecule has 0 aliphatic heterocycles. The zero-order chi connectivity index (χ0) is 14.9. The molecule has 1 aromatic heterocycles. The standard InChI is InChI=1S/C16H19BrN2O2/c17-14-5-6-16(13(10-14)11-18-7-3-9-20)21-12-15-4-1-2-8-19-15/h1-2,4-6,8,10,18,20H,3,7,9,11-12H2. The Bertz CT molecular complexity index is 549. The maximum atomic E-state index is 8.79. The summed E-state index contributed by atoms with van der Waals surface area (Å²) in [6.07, 6.45) is 2.51. The molecule has 0 saturated carbocycles. The van der Waals surface area contributed by atoms with Crippen molar-refractivity contribution in [2.75, 3.05) is 13.2 Å². The molecular formula is C16H19BrN2O2. The van der Waals surface area contributed by atoms with E-state index in [0.717, 1.165) is 34.4 Å². The largest absolute Gasteiger partial charge is 0.487 e. The van der Waals surface area contributed by atoms with Gasteiger partial charge in [-0.1, -0.05) is 22.0 Å². The van der Waals surface area contributed by atoms with E-state index in [2.05, 4.69) is 26.2 Å². The summed E-state index contributed by atoms with van der Waals surface area (Å²) in [5, 5.41) is 12.1. The average molecular weight is 351 g/mol. The van der Waals surface area contributed by atoms with E-state index in [-0.39, 0.29) is 6.61 Å². The number of nitrogens with one attached hydrogen (secondary N) is 1. The van der Waals surface area contributed by atoms with E-state index in [1.807, 2.05) is 36.4 Å². The molecule has 0 aliphatic carbocycles. The molecule has 21 heavy (non-hydrogen) atoms. The van der Waals surface area contributed by atoms with Crippen LogP contribution in [0.3, 0.4) is 0 Å². The van der Waals surface area contributed by atoms with Gasteiger partial charge in [-0.3, -0.25) is 4.98 Å². The number of aliphatic hydroxyl groups excluding tert-OH is 1. The fourth-order valence-corrected chi connectivity index (χ4v) is 2.30. The van der Waals surface area contributed by atoms with E-state index < -0.39 is 0 Å². The van der Waals surface area contributed by atoms with Gasteiger partial charge in [0.05, 0.1) is 5.69 Å². The lowest BCUT2D eigenvalue weighted by molar-refractivity contribution is 0.284. The number of hydrogen-bond acceptors (Lipinski definition) is 4. The molecule has 0 spiro atoms. The summed E-state index contributed by atoms with van der Waals surface area (Å²) >= 11 is 3.48. The Labute approximate surface area is 133 Å². The number of rotatable bonds is 8. The summed E-state index contributed by atoms with van der Waals surface area (Å²) < 4.78 is 6.88. The molecule has 0 bridgehead atoms. The van der Waals surface area contributed by atoms with Crippen molar-refractivity contribution in [2.24, 2.45) is 0 Å². The summed E-state index contributed by atoms with van der Waals surface area (Å²) in [4.78, 5) is 4.25. The molecule has 0 aliphatic rings. The lowest BCUT2D eigenvalue weighted by atomic mass is 10.2. The lowest BCUT2D eigenvalue weighted by Gasteiger charge is -2.12. The maximum Gasteiger partial charge on any atom is 0.130 e. The van der Waals surface area contributed by atoms with Crippen molar-refractivity contribution in [3.05, 3.63) is 58.3 Å². The number of aromatic nitrogens is 1. The Morgan fingerprint density at radius 3 is 2.90 bits per heavy atom. The highest BCUT2D eigenvalue weighted by molar-refractivity contribution is 9.10. The van der Waals surface area contributed by atoms with Crippen LogP contribution in [0.1, 0.15) is 17.7 Å². The molecule has 0 radical (unpaired) electrons. The van der Waals surface area contributed by atoms with E-state index in [9.17, 15) is 0 Å². The third-order valence-electron chi connectivity index (χ3n) is 2.95. The summed E-state index contributed by atoms with van der Waals surface area (Å²) in [5.41, 5.74) is 1.98. The van der Waals surface area contributed by atoms with Gasteiger partial charge in [-0.05, 0) is 43.3 Å². The van der Waals surface area contributed by atoms with Crippen molar-refractivity contribution in [3.63, 3.8) is 0 Å². The van der Waals surface area contributed by atoms with Crippen molar-refractivity contribution in [1.29, 1.82) is 0 Å². The topological polar surface area (TPSA) is 54.4 Å². The van der Waals surface area contributed by atoms with Crippen molar-refractivity contribution >= 4 is 15.9 Å². The van der Waals surface area contributed by atoms with Crippen LogP contribution in [0.25, 0.3) is 0 Å². The Hall–Kier alpha value is -1.43. The Morgan fingerprint density at radius 1 is 1.24 bits per heavy atom. The minimum atomic E-state index is 0.203. The van der Waals surface area contributed by atoms with Crippen LogP contribution in [0.4, 0.5) is 0 Å². The number of ether oxygens (including phenoxy) is 1. The van der Waals surface area contributed by atoms with Crippen molar-refractivity contribution in [1.82, 2.24) is 10.3 Å². The molecular weight excluding hydrogens is 332 g/mol. The number of hydrogen-bond donors (Lipinski definition) is 2. The maximum absolute atomic E-state index is 8.79. The SMILES string of the molecule is OCCCNCc1cc(Br)ccc1OCc1ccccn1. The van der Waals surface area contributed by atoms with E-state index in [1.165, 1.54) is 0 Å². The van der Waals surface area contributed by atoms with Gasteiger partial charge in [0.1, 0.15) is 12.4 Å². The van der Waals surface area contributed by atoms with Crippen LogP contribution in [-0.4, -0.2) is 23.2 Å². The van der Waals surface area contributed by atoms with Gasteiger partial charge in [-0.25, -0.2) is 0 Å². The summed E-state index contributed by atoms with van der Waals surface area (Å²) in [7, 11) is 0. The highest BCUT2D eigenvalue weighted by Gasteiger charge is 2.05. The molecule has 2 aromatic rings. The van der Waals surface area contributed by atoms with Crippen LogP contribution in [-0.2, 0) is 13.2 Å². The van der Waals surface area contributed by atoms with E-state index in [4.69, 9.17) is 9.84 Å². The fraction of sp³-hybridized carbons (Fsp3) is 0.312. The molecule has 2 N–H and O–H groups in total. The number of pyridine rings is 1. The molecule has 0 saturated heterocycles. The van der Waals surface area contributed by atoms with Gasteiger partial charge in [0.25, 0.3) is 0 Å². The van der Waals surface area contributed by atoms with Gasteiger partial charge < -0.3 is 15.2 Å². The van der Waals surface area contributed by atoms with Crippen molar-refractivity contribution in [3.8, 4) is 5.75 Å². The van der Waals surface area contributed by atoms with E-state index in [1.54, 1.807) is 6.20 Å². The molecule has 5 heteroatoms. The third kappa shape index (κ3) is 5.46. The summed E-state index contributed by atoms with van der Waals surface area (Å²) in [6, 6.07) is 11.7. The zero-order valence-electron chi connectivity index (χ0n) is 11.8. The average Bonchev–Trinajstić information content (AvgIpc) is 2.52. The molecule has 1 heterocycles. The number of halogens is 1. The zero-order valence-corrected chi connectivity index (χ0v) is 13.3. The molecule has 0 fully saturated rings. The number of benzene rings is 1. The summed E-state index contributed by atoms with van der Waals surface area (Å²) in [6.45, 7) is 2.14. The highest BCUT2D eigenvalue weighted by atomic mass is 79.9. The highest BCUT2D eigenvalue weighted by Crippen LogP contribution is 2.24. The molecule has 2 rings (SSSR count). The van der Waals surface area contributed by atoms with Crippen LogP contribution in [0.5, 0.6) is 5.75 Å². The van der Waals surface area contributed by atoms with Crippen LogP contribution < -0.4 is 10.1 Å². The Morgan fingerprint density at radius 2 is 2.14 bits per heavy atom. The minimum absolute atomic E-state index is 0.203. The predicted molar refractivity (Wildman–Crippen MR) is 86.1 cm³/mol. The van der Waals surface area contributed by atoms with Gasteiger partial charge in [0.15, 0.2) is 0 Å². The fourth-order valence-electron chi connectivity index (χ4n) is 1.89. The molecule has 4 nitrogen and oxygen atoms in total. The normalized spacial score (nSPS) is 10.6. The van der Waals surface area contributed by atoms with Crippen molar-refractivity contribution in [2.45, 2.75) is 19.6 Å². The smallest absolute Gasteiger partial charge is 0.130 e. The van der Waals surface area contributed by atoms with Crippen molar-refractivity contribution < 1.29 is 9.84 Å². The Balaban J connectivity index is 1.97. The van der Waals surface area contributed by atoms with Gasteiger partial charge >= 0.3 is 0 Å². The summed E-state index contributed by atoms with van der Waals surface area (Å²) in [5.74, 6) is 0.848. The van der Waals surface area contributed by atoms with Gasteiger partial charge in [-0.2, -0.15) is 0 Å². The molecule has 0 atom stereocenters. The van der Waals surface area contributed by atoms with Crippen LogP contribution in [0.15, 0.2) is 47.1 Å². The monoisotopic (exact) mass is 350 g/mol. The second-order valence-corrected chi connectivity index (χ2v) is 5.53. The number of aliphatic hydroxyl groups is 1. The molecule has 112 valence electrons. The first-order valence-corrected chi connectivity index (χ1v) is 7.71. The molecule has 1 aromatic carbocycles. The van der Waals surface area contributed by atoms with E-state index in [0.29, 0.717) is 13.2 Å². The van der Waals surface area contributed by atoms with Crippen LogP contribution in [0, 0.1) is 0 Å². The quantitative estimate of drug-likeness (QED) is 0.718. The first-order chi connectivity index (χ1) is 10.3. The Kier molecular flexibility index (Phi) is 6.66. The minimum Gasteiger partial charge on any atom is -0.487 e. The third-order valence-corrected chi connectivity index (χ3v) is 3.44. The van der Waals surface area contributed by atoms with Gasteiger partial charge in [0.2, 0.25) is 0 Å².